The summed E-state index contributed by atoms with van der Waals surface area (Å²) in [5, 5.41) is 11.7. The van der Waals surface area contributed by atoms with Crippen molar-refractivity contribution in [3.63, 3.8) is 0 Å². The van der Waals surface area contributed by atoms with Gasteiger partial charge in [-0.3, -0.25) is 10.1 Å². The van der Waals surface area contributed by atoms with Crippen molar-refractivity contribution in [3.05, 3.63) is 147 Å². The van der Waals surface area contributed by atoms with Gasteiger partial charge in [-0.2, -0.15) is 0 Å². The normalized spacial score (nSPS) is 17.4. The number of benzene rings is 3. The predicted molar refractivity (Wildman–Crippen MR) is 149 cm³/mol. The Hall–Kier alpha value is -4.44. The van der Waals surface area contributed by atoms with E-state index in [1.54, 1.807) is 12.1 Å². The molecule has 0 saturated heterocycles. The largest absolute Gasteiger partial charge is 0.310 e. The Labute approximate surface area is 212 Å². The summed E-state index contributed by atoms with van der Waals surface area (Å²) in [6.45, 7) is 4.25. The molecule has 0 saturated carbocycles. The number of nitro groups is 1. The van der Waals surface area contributed by atoms with E-state index in [0.29, 0.717) is 12.0 Å². The lowest BCUT2D eigenvalue weighted by molar-refractivity contribution is -0.385. The number of anilines is 1. The monoisotopic (exact) mass is 472 g/mol. The van der Waals surface area contributed by atoms with E-state index in [2.05, 4.69) is 91.6 Å². The SMILES string of the molecule is C/C=C1\C(=C/CC)c2ccccc2C2=C(C=CC(c3ccccc3[N+](=O)[O-])=CC2)N1c1ccccc1. The van der Waals surface area contributed by atoms with E-state index in [0.717, 1.165) is 29.1 Å². The maximum Gasteiger partial charge on any atom is 0.277 e. The van der Waals surface area contributed by atoms with E-state index in [9.17, 15) is 10.1 Å². The summed E-state index contributed by atoms with van der Waals surface area (Å²) in [5.74, 6) is 0. The van der Waals surface area contributed by atoms with E-state index in [-0.39, 0.29) is 10.6 Å². The van der Waals surface area contributed by atoms with Gasteiger partial charge in [0, 0.05) is 23.0 Å². The number of hydrogen-bond acceptors (Lipinski definition) is 3. The van der Waals surface area contributed by atoms with Crippen molar-refractivity contribution in [2.45, 2.75) is 26.7 Å². The van der Waals surface area contributed by atoms with E-state index in [1.165, 1.54) is 22.3 Å². The molecular formula is C32H28N2O2. The first-order valence-corrected chi connectivity index (χ1v) is 12.3. The van der Waals surface area contributed by atoms with Crippen LogP contribution in [-0.2, 0) is 0 Å². The summed E-state index contributed by atoms with van der Waals surface area (Å²) < 4.78 is 0. The van der Waals surface area contributed by atoms with Gasteiger partial charge in [-0.25, -0.2) is 0 Å². The minimum atomic E-state index is -0.307. The molecule has 0 aromatic heterocycles. The second-order valence-electron chi connectivity index (χ2n) is 8.75. The van der Waals surface area contributed by atoms with Crippen molar-refractivity contribution in [2.24, 2.45) is 0 Å². The van der Waals surface area contributed by atoms with Crippen molar-refractivity contribution in [3.8, 4) is 0 Å². The van der Waals surface area contributed by atoms with Gasteiger partial charge in [0.1, 0.15) is 0 Å². The zero-order valence-corrected chi connectivity index (χ0v) is 20.5. The first kappa shape index (κ1) is 23.3. The van der Waals surface area contributed by atoms with Crippen LogP contribution in [0.3, 0.4) is 0 Å². The van der Waals surface area contributed by atoms with Gasteiger partial charge in [-0.1, -0.05) is 85.8 Å². The van der Waals surface area contributed by atoms with Crippen molar-refractivity contribution in [1.82, 2.24) is 0 Å². The van der Waals surface area contributed by atoms with E-state index >= 15 is 0 Å². The van der Waals surface area contributed by atoms with E-state index < -0.39 is 0 Å². The minimum absolute atomic E-state index is 0.119. The van der Waals surface area contributed by atoms with Gasteiger partial charge >= 0.3 is 0 Å². The number of allylic oxidation sites excluding steroid dienone is 8. The zero-order valence-electron chi connectivity index (χ0n) is 20.5. The molecule has 1 aliphatic carbocycles. The molecule has 36 heavy (non-hydrogen) atoms. The van der Waals surface area contributed by atoms with Crippen molar-refractivity contribution in [1.29, 1.82) is 0 Å². The number of fused-ring (bicyclic) bond motifs is 2. The molecule has 4 heteroatoms. The molecule has 2 aliphatic rings. The Balaban J connectivity index is 1.76. The van der Waals surface area contributed by atoms with Gasteiger partial charge in [0.05, 0.1) is 16.2 Å². The molecule has 0 unspecified atom stereocenters. The maximum atomic E-state index is 11.7. The van der Waals surface area contributed by atoms with Gasteiger partial charge in [0.25, 0.3) is 5.69 Å². The molecule has 1 aliphatic heterocycles. The number of hydrogen-bond donors (Lipinski definition) is 0. The highest BCUT2D eigenvalue weighted by atomic mass is 16.6. The molecule has 178 valence electrons. The van der Waals surface area contributed by atoms with Crippen molar-refractivity contribution < 1.29 is 4.92 Å². The fourth-order valence-corrected chi connectivity index (χ4v) is 5.12. The van der Waals surface area contributed by atoms with E-state index in [1.807, 2.05) is 24.3 Å². The van der Waals surface area contributed by atoms with Crippen LogP contribution < -0.4 is 4.90 Å². The lowest BCUT2D eigenvalue weighted by atomic mass is 9.91. The molecule has 5 rings (SSSR count). The molecule has 0 fully saturated rings. The predicted octanol–water partition coefficient (Wildman–Crippen LogP) is 8.57. The van der Waals surface area contributed by atoms with Gasteiger partial charge in [0.15, 0.2) is 0 Å². The third kappa shape index (κ3) is 4.11. The van der Waals surface area contributed by atoms with Crippen LogP contribution in [0.4, 0.5) is 11.4 Å². The Bertz CT molecular complexity index is 1470. The molecule has 0 bridgehead atoms. The summed E-state index contributed by atoms with van der Waals surface area (Å²) in [5.41, 5.74) is 9.68. The summed E-state index contributed by atoms with van der Waals surface area (Å²) in [4.78, 5) is 13.8. The Morgan fingerprint density at radius 3 is 2.25 bits per heavy atom. The van der Waals surface area contributed by atoms with Gasteiger partial charge in [-0.15, -0.1) is 0 Å². The molecule has 0 atom stereocenters. The standard InChI is InChI=1S/C32H28N2O2/c1-3-12-28-26-16-8-9-17-27(26)29-21-19-23(25-15-10-11-18-32(25)34(35)36)20-22-31(29)33(30(28)4-2)24-13-6-5-7-14-24/h4-20,22H,3,21H2,1-2H3/b28-12-,30-4+. The molecule has 0 spiro atoms. The van der Waals surface area contributed by atoms with Crippen molar-refractivity contribution in [2.75, 3.05) is 4.90 Å². The molecule has 0 amide bonds. The Morgan fingerprint density at radius 1 is 0.889 bits per heavy atom. The van der Waals surface area contributed by atoms with Crippen LogP contribution in [0.1, 0.15) is 43.4 Å². The smallest absolute Gasteiger partial charge is 0.277 e. The van der Waals surface area contributed by atoms with Gasteiger partial charge in [-0.05, 0) is 66.3 Å². The number of nitrogens with zero attached hydrogens (tertiary/aromatic N) is 2. The quantitative estimate of drug-likeness (QED) is 0.282. The Kier molecular flexibility index (Phi) is 6.50. The first-order valence-electron chi connectivity index (χ1n) is 12.3. The molecule has 0 radical (unpaired) electrons. The second-order valence-corrected chi connectivity index (χ2v) is 8.75. The van der Waals surface area contributed by atoms with Crippen LogP contribution in [0.5, 0.6) is 0 Å². The lowest BCUT2D eigenvalue weighted by Gasteiger charge is -2.29. The van der Waals surface area contributed by atoms with E-state index in [4.69, 9.17) is 0 Å². The van der Waals surface area contributed by atoms with Gasteiger partial charge < -0.3 is 4.90 Å². The van der Waals surface area contributed by atoms with Crippen LogP contribution >= 0.6 is 0 Å². The zero-order chi connectivity index (χ0) is 25.1. The number of nitro benzene ring substituents is 1. The molecule has 0 N–H and O–H groups in total. The van der Waals surface area contributed by atoms with Crippen LogP contribution in [0.2, 0.25) is 0 Å². The number of para-hydroxylation sites is 2. The third-order valence-electron chi connectivity index (χ3n) is 6.66. The molecule has 3 aromatic rings. The number of rotatable bonds is 4. The average Bonchev–Trinajstić information content (AvgIpc) is 3.19. The van der Waals surface area contributed by atoms with Gasteiger partial charge in [0.2, 0.25) is 0 Å². The highest BCUT2D eigenvalue weighted by molar-refractivity contribution is 5.97. The molecule has 4 nitrogen and oxygen atoms in total. The van der Waals surface area contributed by atoms with Crippen LogP contribution in [-0.4, -0.2) is 4.92 Å². The summed E-state index contributed by atoms with van der Waals surface area (Å²) in [7, 11) is 0. The Morgan fingerprint density at radius 2 is 1.56 bits per heavy atom. The third-order valence-corrected chi connectivity index (χ3v) is 6.66. The van der Waals surface area contributed by atoms with Crippen LogP contribution in [0, 0.1) is 10.1 Å². The fourth-order valence-electron chi connectivity index (χ4n) is 5.12. The molecule has 1 heterocycles. The van der Waals surface area contributed by atoms with Crippen molar-refractivity contribution >= 4 is 28.1 Å². The summed E-state index contributed by atoms with van der Waals surface area (Å²) in [6, 6.07) is 25.9. The average molecular weight is 473 g/mol. The van der Waals surface area contributed by atoms with Crippen LogP contribution in [0.15, 0.2) is 121 Å². The summed E-state index contributed by atoms with van der Waals surface area (Å²) in [6.07, 6.45) is 12.3. The molecular weight excluding hydrogens is 444 g/mol. The topological polar surface area (TPSA) is 46.4 Å². The maximum absolute atomic E-state index is 11.7. The lowest BCUT2D eigenvalue weighted by Crippen LogP contribution is -2.21. The second kappa shape index (κ2) is 10.0. The minimum Gasteiger partial charge on any atom is -0.310 e. The highest BCUT2D eigenvalue weighted by Gasteiger charge is 2.29. The fraction of sp³-hybridized carbons (Fsp3) is 0.125. The van der Waals surface area contributed by atoms with Crippen LogP contribution in [0.25, 0.3) is 16.7 Å². The summed E-state index contributed by atoms with van der Waals surface area (Å²) >= 11 is 0. The highest BCUT2D eigenvalue weighted by Crippen LogP contribution is 2.45. The first-order chi connectivity index (χ1) is 17.6. The molecule has 3 aromatic carbocycles.